The summed E-state index contributed by atoms with van der Waals surface area (Å²) in [5.41, 5.74) is 3.47. The topological polar surface area (TPSA) is 99.5 Å². The van der Waals surface area contributed by atoms with E-state index in [1.807, 2.05) is 81.4 Å². The molecule has 1 aliphatic heterocycles. The number of allylic oxidation sites excluding steroid dienone is 1. The van der Waals surface area contributed by atoms with E-state index in [1.165, 1.54) is 18.2 Å². The molecule has 1 atom stereocenters. The number of amides is 1. The molecule has 1 aliphatic rings. The van der Waals surface area contributed by atoms with Crippen molar-refractivity contribution in [1.29, 1.82) is 0 Å². The van der Waals surface area contributed by atoms with E-state index in [4.69, 9.17) is 35.9 Å². The first-order chi connectivity index (χ1) is 23.3. The number of fused-ring (bicyclic) bond motifs is 1. The van der Waals surface area contributed by atoms with Gasteiger partial charge in [-0.25, -0.2) is 4.68 Å². The van der Waals surface area contributed by atoms with Gasteiger partial charge in [-0.15, -0.1) is 5.10 Å². The van der Waals surface area contributed by atoms with E-state index < -0.39 is 6.04 Å². The molecule has 0 spiro atoms. The standard InChI is InChI=1S/C36H41BrClN5O4S/c1-5-8-9-14-19-47-33-26(37)20-25(21-30(33)46-7-3)32-31(34(44)40-28-17-12-13-18-29(28)45-6-2)23(4)39-35-41-36(42-43(32)35)48-22-24-15-10-11-16-27(24)38/h10-13,15-18,20-21,32H,5-9,14,19,22H2,1-4H3,(H,40,44)(H,39,41,42). The van der Waals surface area contributed by atoms with Crippen molar-refractivity contribution in [3.8, 4) is 17.2 Å². The highest BCUT2D eigenvalue weighted by Gasteiger charge is 2.36. The third kappa shape index (κ3) is 8.48. The van der Waals surface area contributed by atoms with Gasteiger partial charge in [0, 0.05) is 16.5 Å². The highest BCUT2D eigenvalue weighted by Crippen LogP contribution is 2.44. The van der Waals surface area contributed by atoms with E-state index in [-0.39, 0.29) is 5.91 Å². The molecule has 48 heavy (non-hydrogen) atoms. The van der Waals surface area contributed by atoms with Crippen molar-refractivity contribution in [3.05, 3.63) is 92.6 Å². The molecule has 0 aliphatic carbocycles. The Morgan fingerprint density at radius 1 is 1.00 bits per heavy atom. The predicted octanol–water partition coefficient (Wildman–Crippen LogP) is 9.67. The number of ether oxygens (including phenoxy) is 3. The fraction of sp³-hybridized carbons (Fsp3) is 0.361. The summed E-state index contributed by atoms with van der Waals surface area (Å²) in [6, 6.07) is 18.4. The maximum absolute atomic E-state index is 14.3. The lowest BCUT2D eigenvalue weighted by Crippen LogP contribution is -2.31. The summed E-state index contributed by atoms with van der Waals surface area (Å²) in [7, 11) is 0. The molecule has 12 heteroatoms. The fourth-order valence-electron chi connectivity index (χ4n) is 5.45. The van der Waals surface area contributed by atoms with Crippen molar-refractivity contribution < 1.29 is 19.0 Å². The second-order valence-electron chi connectivity index (χ2n) is 11.2. The second-order valence-corrected chi connectivity index (χ2v) is 13.4. The van der Waals surface area contributed by atoms with Crippen LogP contribution in [0.5, 0.6) is 17.2 Å². The number of hydrogen-bond acceptors (Lipinski definition) is 8. The van der Waals surface area contributed by atoms with Crippen molar-refractivity contribution >= 4 is 56.8 Å². The van der Waals surface area contributed by atoms with Crippen molar-refractivity contribution in [2.45, 2.75) is 70.3 Å². The number of para-hydroxylation sites is 2. The van der Waals surface area contributed by atoms with Gasteiger partial charge >= 0.3 is 0 Å². The number of benzene rings is 3. The Kier molecular flexibility index (Phi) is 12.7. The van der Waals surface area contributed by atoms with E-state index in [2.05, 4.69) is 33.5 Å². The highest BCUT2D eigenvalue weighted by molar-refractivity contribution is 9.10. The average molecular weight is 755 g/mol. The Labute approximate surface area is 299 Å². The molecule has 3 aromatic carbocycles. The van der Waals surface area contributed by atoms with Crippen molar-refractivity contribution in [2.75, 3.05) is 30.5 Å². The van der Waals surface area contributed by atoms with E-state index in [0.29, 0.717) is 75.9 Å². The zero-order valence-corrected chi connectivity index (χ0v) is 30.8. The number of halogens is 2. The van der Waals surface area contributed by atoms with Gasteiger partial charge in [0.2, 0.25) is 11.1 Å². The number of thioether (sulfide) groups is 1. The number of anilines is 2. The third-order valence-corrected chi connectivity index (χ3v) is 9.56. The van der Waals surface area contributed by atoms with Gasteiger partial charge in [-0.2, -0.15) is 4.98 Å². The number of rotatable bonds is 16. The Balaban J connectivity index is 1.54. The van der Waals surface area contributed by atoms with Gasteiger partial charge in [0.15, 0.2) is 11.5 Å². The Morgan fingerprint density at radius 3 is 2.52 bits per heavy atom. The molecule has 0 bridgehead atoms. The van der Waals surface area contributed by atoms with Gasteiger partial charge in [-0.05, 0) is 84.6 Å². The van der Waals surface area contributed by atoms with Gasteiger partial charge in [-0.3, -0.25) is 4.79 Å². The average Bonchev–Trinajstić information content (AvgIpc) is 3.48. The molecule has 2 N–H and O–H groups in total. The van der Waals surface area contributed by atoms with Gasteiger partial charge in [0.25, 0.3) is 5.91 Å². The summed E-state index contributed by atoms with van der Waals surface area (Å²) in [5.74, 6) is 2.63. The molecule has 1 amide bonds. The van der Waals surface area contributed by atoms with Crippen LogP contribution in [0.1, 0.15) is 70.5 Å². The first kappa shape index (κ1) is 35.6. The smallest absolute Gasteiger partial charge is 0.255 e. The summed E-state index contributed by atoms with van der Waals surface area (Å²) < 4.78 is 20.6. The van der Waals surface area contributed by atoms with Crippen molar-refractivity contribution in [2.24, 2.45) is 0 Å². The molecule has 0 saturated carbocycles. The number of unbranched alkanes of at least 4 members (excludes halogenated alkanes) is 3. The van der Waals surface area contributed by atoms with E-state index >= 15 is 0 Å². The first-order valence-electron chi connectivity index (χ1n) is 16.3. The van der Waals surface area contributed by atoms with Crippen LogP contribution in [-0.2, 0) is 10.5 Å². The number of carbonyl (C=O) groups excluding carboxylic acids is 1. The fourth-order valence-corrected chi connectivity index (χ4v) is 7.13. The molecular formula is C36H41BrClN5O4S. The van der Waals surface area contributed by atoms with Crippen molar-refractivity contribution in [1.82, 2.24) is 14.8 Å². The summed E-state index contributed by atoms with van der Waals surface area (Å²) in [6.45, 7) is 9.40. The zero-order chi connectivity index (χ0) is 34.0. The first-order valence-corrected chi connectivity index (χ1v) is 18.4. The normalized spacial score (nSPS) is 13.9. The predicted molar refractivity (Wildman–Crippen MR) is 197 cm³/mol. The number of nitrogens with one attached hydrogen (secondary N) is 2. The van der Waals surface area contributed by atoms with Crippen LogP contribution in [-0.4, -0.2) is 40.5 Å². The van der Waals surface area contributed by atoms with Crippen LogP contribution in [0, 0.1) is 0 Å². The minimum absolute atomic E-state index is 0.297. The molecule has 0 radical (unpaired) electrons. The summed E-state index contributed by atoms with van der Waals surface area (Å²) in [5, 5.41) is 12.6. The van der Waals surface area contributed by atoms with Crippen LogP contribution < -0.4 is 24.8 Å². The van der Waals surface area contributed by atoms with Gasteiger partial charge < -0.3 is 24.8 Å². The number of hydrogen-bond donors (Lipinski definition) is 2. The third-order valence-electron chi connectivity index (χ3n) is 7.72. The molecule has 0 fully saturated rings. The Hall–Kier alpha value is -3.67. The molecule has 0 saturated heterocycles. The molecule has 2 heterocycles. The van der Waals surface area contributed by atoms with Gasteiger partial charge in [0.1, 0.15) is 11.8 Å². The molecule has 9 nitrogen and oxygen atoms in total. The van der Waals surface area contributed by atoms with E-state index in [1.54, 1.807) is 4.68 Å². The molecule has 254 valence electrons. The zero-order valence-electron chi connectivity index (χ0n) is 27.6. The van der Waals surface area contributed by atoms with Gasteiger partial charge in [0.05, 0.1) is 35.6 Å². The van der Waals surface area contributed by atoms with Crippen LogP contribution in [0.2, 0.25) is 5.02 Å². The Bertz CT molecular complexity index is 1760. The van der Waals surface area contributed by atoms with Crippen LogP contribution in [0.4, 0.5) is 11.6 Å². The maximum Gasteiger partial charge on any atom is 0.255 e. The minimum atomic E-state index is -0.642. The second kappa shape index (κ2) is 17.1. The van der Waals surface area contributed by atoms with Gasteiger partial charge in [-0.1, -0.05) is 79.9 Å². The summed E-state index contributed by atoms with van der Waals surface area (Å²) >= 11 is 11.7. The van der Waals surface area contributed by atoms with Crippen LogP contribution in [0.25, 0.3) is 0 Å². The lowest BCUT2D eigenvalue weighted by molar-refractivity contribution is -0.113. The molecule has 4 aromatic rings. The van der Waals surface area contributed by atoms with E-state index in [9.17, 15) is 4.79 Å². The molecule has 5 rings (SSSR count). The highest BCUT2D eigenvalue weighted by atomic mass is 79.9. The Morgan fingerprint density at radius 2 is 1.75 bits per heavy atom. The quantitative estimate of drug-likeness (QED) is 0.0862. The molecule has 1 aromatic heterocycles. The van der Waals surface area contributed by atoms with E-state index in [0.717, 1.165) is 34.9 Å². The lowest BCUT2D eigenvalue weighted by Gasteiger charge is -2.29. The SMILES string of the molecule is CCCCCCOc1c(Br)cc(C2C(C(=O)Nc3ccccc3OCC)=C(C)Nc3nc(SCc4ccccc4Cl)nn32)cc1OCC. The van der Waals surface area contributed by atoms with Crippen LogP contribution in [0.15, 0.2) is 81.6 Å². The summed E-state index contributed by atoms with van der Waals surface area (Å²) in [4.78, 5) is 19.1. The summed E-state index contributed by atoms with van der Waals surface area (Å²) in [6.07, 6.45) is 4.38. The maximum atomic E-state index is 14.3. The molecular weight excluding hydrogens is 714 g/mol. The minimum Gasteiger partial charge on any atom is -0.492 e. The number of carbonyl (C=O) groups is 1. The van der Waals surface area contributed by atoms with Crippen molar-refractivity contribution in [3.63, 3.8) is 0 Å². The lowest BCUT2D eigenvalue weighted by atomic mass is 9.94. The van der Waals surface area contributed by atoms with Crippen LogP contribution in [0.3, 0.4) is 0 Å². The molecule has 1 unspecified atom stereocenters. The largest absolute Gasteiger partial charge is 0.492 e. The monoisotopic (exact) mass is 753 g/mol. The number of nitrogens with zero attached hydrogens (tertiary/aromatic N) is 3. The number of aromatic nitrogens is 3. The van der Waals surface area contributed by atoms with Crippen LogP contribution >= 0.6 is 39.3 Å².